The summed E-state index contributed by atoms with van der Waals surface area (Å²) in [6.45, 7) is 16.2. The van der Waals surface area contributed by atoms with Gasteiger partial charge in [0, 0.05) is 12.3 Å². The molecule has 0 N–H and O–H groups in total. The zero-order valence-electron chi connectivity index (χ0n) is 14.9. The zero-order valence-corrected chi connectivity index (χ0v) is 15.8. The average molecular weight is 320 g/mol. The van der Waals surface area contributed by atoms with Crippen LogP contribution in [0.3, 0.4) is 0 Å². The maximum absolute atomic E-state index is 13.0. The molecule has 0 aliphatic rings. The molecule has 0 fully saturated rings. The van der Waals surface area contributed by atoms with Crippen LogP contribution in [0, 0.1) is 17.3 Å². The average Bonchev–Trinajstić information content (AvgIpc) is 2.33. The minimum absolute atomic E-state index is 0.0133. The van der Waals surface area contributed by atoms with E-state index in [2.05, 4.69) is 20.8 Å². The van der Waals surface area contributed by atoms with E-state index in [4.69, 9.17) is 9.05 Å². The molecule has 0 amide bonds. The molecule has 0 spiro atoms. The first kappa shape index (κ1) is 20.8. The molecule has 0 aromatic heterocycles. The number of carbonyl (C=O) groups is 1. The Bertz CT molecular complexity index is 361. The van der Waals surface area contributed by atoms with Crippen LogP contribution in [0.2, 0.25) is 0 Å². The SMILES string of the molecule is CCOP(=O)(OCC)[C@@H](C)[C@@H](CC(=O)C(C)C)C(C)(C)C. The highest BCUT2D eigenvalue weighted by atomic mass is 31.2. The second-order valence-corrected chi connectivity index (χ2v) is 9.32. The summed E-state index contributed by atoms with van der Waals surface area (Å²) in [4.78, 5) is 12.2. The van der Waals surface area contributed by atoms with Crippen molar-refractivity contribution in [3.63, 3.8) is 0 Å². The first-order chi connectivity index (χ1) is 9.49. The molecule has 4 nitrogen and oxygen atoms in total. The Kier molecular flexibility index (Phi) is 8.38. The highest BCUT2D eigenvalue weighted by molar-refractivity contribution is 7.54. The van der Waals surface area contributed by atoms with Crippen molar-refractivity contribution in [2.45, 2.75) is 67.5 Å². The van der Waals surface area contributed by atoms with Crippen molar-refractivity contribution in [1.29, 1.82) is 0 Å². The van der Waals surface area contributed by atoms with Crippen LogP contribution < -0.4 is 0 Å². The number of hydrogen-bond acceptors (Lipinski definition) is 4. The van der Waals surface area contributed by atoms with Gasteiger partial charge in [0.1, 0.15) is 5.78 Å². The summed E-state index contributed by atoms with van der Waals surface area (Å²) in [6.07, 6.45) is 0.409. The van der Waals surface area contributed by atoms with Gasteiger partial charge < -0.3 is 9.05 Å². The molecule has 0 aliphatic heterocycles. The molecule has 126 valence electrons. The van der Waals surface area contributed by atoms with E-state index in [1.807, 2.05) is 34.6 Å². The monoisotopic (exact) mass is 320 g/mol. The summed E-state index contributed by atoms with van der Waals surface area (Å²) in [5.41, 5.74) is -0.450. The maximum atomic E-state index is 13.0. The van der Waals surface area contributed by atoms with Crippen LogP contribution in [0.1, 0.15) is 61.8 Å². The first-order valence-electron chi connectivity index (χ1n) is 7.91. The lowest BCUT2D eigenvalue weighted by molar-refractivity contribution is -0.123. The van der Waals surface area contributed by atoms with Crippen LogP contribution in [0.4, 0.5) is 0 Å². The van der Waals surface area contributed by atoms with E-state index in [9.17, 15) is 9.36 Å². The van der Waals surface area contributed by atoms with Crippen LogP contribution in [-0.4, -0.2) is 24.7 Å². The standard InChI is InChI=1S/C16H33O4P/c1-9-19-21(18,20-10-2)13(5)14(16(6,7)8)11-15(17)12(3)4/h12-14H,9-11H2,1-8H3/t13-,14+/m0/s1. The summed E-state index contributed by atoms with van der Waals surface area (Å²) >= 11 is 0. The molecule has 5 heteroatoms. The topological polar surface area (TPSA) is 52.6 Å². The van der Waals surface area contributed by atoms with Crippen molar-refractivity contribution in [3.8, 4) is 0 Å². The van der Waals surface area contributed by atoms with Gasteiger partial charge in [-0.05, 0) is 25.2 Å². The third kappa shape index (κ3) is 6.22. The Balaban J connectivity index is 5.40. The molecule has 21 heavy (non-hydrogen) atoms. The van der Waals surface area contributed by atoms with E-state index in [0.717, 1.165) is 0 Å². The van der Waals surface area contributed by atoms with E-state index in [-0.39, 0.29) is 28.7 Å². The molecule has 0 saturated heterocycles. The smallest absolute Gasteiger partial charge is 0.309 e. The third-order valence-corrected chi connectivity index (χ3v) is 6.47. The molecule has 0 heterocycles. The molecule has 0 unspecified atom stereocenters. The van der Waals surface area contributed by atoms with E-state index >= 15 is 0 Å². The molecule has 2 atom stereocenters. The molecule has 0 saturated carbocycles. The van der Waals surface area contributed by atoms with Crippen molar-refractivity contribution in [2.75, 3.05) is 13.2 Å². The second kappa shape index (κ2) is 8.45. The van der Waals surface area contributed by atoms with Gasteiger partial charge in [-0.25, -0.2) is 0 Å². The minimum Gasteiger partial charge on any atom is -0.309 e. The highest BCUT2D eigenvalue weighted by Crippen LogP contribution is 2.58. The molecule has 0 radical (unpaired) electrons. The molecule has 0 rings (SSSR count). The normalized spacial score (nSPS) is 16.0. The van der Waals surface area contributed by atoms with Crippen LogP contribution in [0.25, 0.3) is 0 Å². The zero-order chi connectivity index (χ0) is 16.8. The van der Waals surface area contributed by atoms with Gasteiger partial charge in [-0.2, -0.15) is 0 Å². The Labute approximate surface area is 130 Å². The van der Waals surface area contributed by atoms with Gasteiger partial charge in [0.05, 0.1) is 18.9 Å². The molecule has 0 aliphatic carbocycles. The molecular weight excluding hydrogens is 287 g/mol. The van der Waals surface area contributed by atoms with Gasteiger partial charge in [0.15, 0.2) is 0 Å². The molecule has 0 aromatic rings. The van der Waals surface area contributed by atoms with Crippen molar-refractivity contribution in [2.24, 2.45) is 17.3 Å². The van der Waals surface area contributed by atoms with Crippen LogP contribution >= 0.6 is 7.60 Å². The maximum Gasteiger partial charge on any atom is 0.333 e. The summed E-state index contributed by atoms with van der Waals surface area (Å²) in [7, 11) is -3.20. The number of ketones is 1. The molecular formula is C16H33O4P. The summed E-state index contributed by atoms with van der Waals surface area (Å²) in [5.74, 6) is 0.137. The lowest BCUT2D eigenvalue weighted by Crippen LogP contribution is -2.34. The van der Waals surface area contributed by atoms with E-state index in [1.165, 1.54) is 0 Å². The highest BCUT2D eigenvalue weighted by Gasteiger charge is 2.43. The molecule has 0 bridgehead atoms. The van der Waals surface area contributed by atoms with Crippen LogP contribution in [0.15, 0.2) is 0 Å². The van der Waals surface area contributed by atoms with Gasteiger partial charge >= 0.3 is 7.60 Å². The van der Waals surface area contributed by atoms with E-state index in [1.54, 1.807) is 0 Å². The van der Waals surface area contributed by atoms with Gasteiger partial charge in [-0.1, -0.05) is 41.5 Å². The van der Waals surface area contributed by atoms with Gasteiger partial charge in [0.25, 0.3) is 0 Å². The predicted molar refractivity (Wildman–Crippen MR) is 87.7 cm³/mol. The molecule has 0 aromatic carbocycles. The largest absolute Gasteiger partial charge is 0.333 e. The summed E-state index contributed by atoms with van der Waals surface area (Å²) in [6, 6.07) is 0. The Hall–Kier alpha value is -0.180. The van der Waals surface area contributed by atoms with Gasteiger partial charge in [0.2, 0.25) is 0 Å². The Morgan fingerprint density at radius 2 is 1.48 bits per heavy atom. The van der Waals surface area contributed by atoms with E-state index in [0.29, 0.717) is 19.6 Å². The number of Topliss-reactive ketones (excluding diaryl/α,β-unsaturated/α-hetero) is 1. The fraction of sp³-hybridized carbons (Fsp3) is 0.938. The Morgan fingerprint density at radius 1 is 1.05 bits per heavy atom. The quantitative estimate of drug-likeness (QED) is 0.566. The summed E-state index contributed by atoms with van der Waals surface area (Å²) < 4.78 is 23.9. The number of hydrogen-bond donors (Lipinski definition) is 0. The van der Waals surface area contributed by atoms with E-state index < -0.39 is 7.60 Å². The van der Waals surface area contributed by atoms with Gasteiger partial charge in [-0.3, -0.25) is 9.36 Å². The fourth-order valence-electron chi connectivity index (χ4n) is 2.51. The van der Waals surface area contributed by atoms with Crippen molar-refractivity contribution < 1.29 is 18.4 Å². The van der Waals surface area contributed by atoms with Gasteiger partial charge in [-0.15, -0.1) is 0 Å². The fourth-order valence-corrected chi connectivity index (χ4v) is 4.76. The predicted octanol–water partition coefficient (Wildman–Crippen LogP) is 4.92. The second-order valence-electron chi connectivity index (χ2n) is 6.91. The van der Waals surface area contributed by atoms with Crippen LogP contribution in [-0.2, 0) is 18.4 Å². The van der Waals surface area contributed by atoms with Crippen molar-refractivity contribution >= 4 is 13.4 Å². The first-order valence-corrected chi connectivity index (χ1v) is 9.52. The third-order valence-electron chi connectivity index (χ3n) is 3.88. The lowest BCUT2D eigenvalue weighted by atomic mass is 9.75. The van der Waals surface area contributed by atoms with Crippen LogP contribution in [0.5, 0.6) is 0 Å². The summed E-state index contributed by atoms with van der Waals surface area (Å²) in [5, 5.41) is 0. The van der Waals surface area contributed by atoms with Crippen molar-refractivity contribution in [3.05, 3.63) is 0 Å². The number of rotatable bonds is 9. The Morgan fingerprint density at radius 3 is 1.76 bits per heavy atom. The van der Waals surface area contributed by atoms with Crippen molar-refractivity contribution in [1.82, 2.24) is 0 Å². The lowest BCUT2D eigenvalue weighted by Gasteiger charge is -2.38. The minimum atomic E-state index is -3.20. The number of carbonyl (C=O) groups excluding carboxylic acids is 1.